The van der Waals surface area contributed by atoms with Gasteiger partial charge in [0.15, 0.2) is 0 Å². The van der Waals surface area contributed by atoms with Crippen molar-refractivity contribution >= 4 is 33.2 Å². The maximum absolute atomic E-state index is 13.1. The third-order valence-electron chi connectivity index (χ3n) is 8.30. The highest BCUT2D eigenvalue weighted by atomic mass is 32.1. The average Bonchev–Trinajstić information content (AvgIpc) is 3.41. The highest BCUT2D eigenvalue weighted by Crippen LogP contribution is 2.42. The number of likely N-dealkylation sites (N-methyl/N-ethyl adjacent to an activating group) is 1. The minimum Gasteiger partial charge on any atom is -0.444 e. The molecule has 38 heavy (non-hydrogen) atoms. The van der Waals surface area contributed by atoms with Crippen LogP contribution in [-0.4, -0.2) is 62.2 Å². The fourth-order valence-corrected chi connectivity index (χ4v) is 7.04. The number of rotatable bonds is 5. The van der Waals surface area contributed by atoms with Crippen LogP contribution in [0.1, 0.15) is 28.8 Å². The SMILES string of the molecule is CN1CCN(c2cccc3sc(COC(=O)N4CCC(c5ccccc5)(c5ccccc5)CC4)cc23)CC1. The minimum atomic E-state index is -0.212. The molecule has 0 spiro atoms. The predicted octanol–water partition coefficient (Wildman–Crippen LogP) is 6.37. The lowest BCUT2D eigenvalue weighted by molar-refractivity contribution is 0.0821. The van der Waals surface area contributed by atoms with Gasteiger partial charge < -0.3 is 19.4 Å². The molecule has 1 amide bonds. The summed E-state index contributed by atoms with van der Waals surface area (Å²) in [5.41, 5.74) is 3.85. The number of anilines is 1. The second kappa shape index (κ2) is 10.8. The number of fused-ring (bicyclic) bond motifs is 1. The third-order valence-corrected chi connectivity index (χ3v) is 9.37. The van der Waals surface area contributed by atoms with Gasteiger partial charge in [-0.05, 0) is 49.2 Å². The van der Waals surface area contributed by atoms with E-state index in [1.54, 1.807) is 11.3 Å². The number of amides is 1. The van der Waals surface area contributed by atoms with E-state index < -0.39 is 0 Å². The maximum atomic E-state index is 13.1. The van der Waals surface area contributed by atoms with Crippen LogP contribution in [0.3, 0.4) is 0 Å². The van der Waals surface area contributed by atoms with E-state index >= 15 is 0 Å². The van der Waals surface area contributed by atoms with Crippen LogP contribution in [0.25, 0.3) is 10.1 Å². The van der Waals surface area contributed by atoms with Gasteiger partial charge in [0, 0.05) is 65.3 Å². The van der Waals surface area contributed by atoms with Gasteiger partial charge in [-0.1, -0.05) is 66.7 Å². The van der Waals surface area contributed by atoms with E-state index in [0.29, 0.717) is 19.7 Å². The molecular formula is C32H35N3O2S. The number of thiophene rings is 1. The number of hydrogen-bond donors (Lipinski definition) is 0. The molecular weight excluding hydrogens is 490 g/mol. The van der Waals surface area contributed by atoms with Gasteiger partial charge in [0.2, 0.25) is 0 Å². The van der Waals surface area contributed by atoms with Crippen molar-refractivity contribution in [1.29, 1.82) is 0 Å². The molecule has 0 atom stereocenters. The first-order valence-corrected chi connectivity index (χ1v) is 14.4. The second-order valence-corrected chi connectivity index (χ2v) is 11.7. The van der Waals surface area contributed by atoms with Crippen LogP contribution in [0, 0.1) is 0 Å². The molecule has 0 N–H and O–H groups in total. The van der Waals surface area contributed by atoms with Gasteiger partial charge in [-0.2, -0.15) is 0 Å². The lowest BCUT2D eigenvalue weighted by atomic mass is 9.68. The number of nitrogens with zero attached hydrogens (tertiary/aromatic N) is 3. The van der Waals surface area contributed by atoms with Gasteiger partial charge in [0.1, 0.15) is 6.61 Å². The first-order chi connectivity index (χ1) is 18.6. The Morgan fingerprint density at radius 3 is 2.08 bits per heavy atom. The molecule has 2 saturated heterocycles. The fourth-order valence-electron chi connectivity index (χ4n) is 6.05. The molecule has 6 rings (SSSR count). The largest absolute Gasteiger partial charge is 0.444 e. The smallest absolute Gasteiger partial charge is 0.410 e. The van der Waals surface area contributed by atoms with Gasteiger partial charge in [-0.25, -0.2) is 4.79 Å². The van der Waals surface area contributed by atoms with Gasteiger partial charge in [0.05, 0.1) is 0 Å². The van der Waals surface area contributed by atoms with Gasteiger partial charge in [0.25, 0.3) is 0 Å². The van der Waals surface area contributed by atoms with Crippen LogP contribution in [0.5, 0.6) is 0 Å². The third kappa shape index (κ3) is 4.91. The summed E-state index contributed by atoms with van der Waals surface area (Å²) in [6.07, 6.45) is 1.55. The first-order valence-electron chi connectivity index (χ1n) is 13.6. The Balaban J connectivity index is 1.12. The van der Waals surface area contributed by atoms with E-state index in [1.807, 2.05) is 4.90 Å². The number of benzene rings is 3. The number of piperidine rings is 1. The molecule has 196 valence electrons. The Kier molecular flexibility index (Phi) is 7.09. The van der Waals surface area contributed by atoms with E-state index in [2.05, 4.69) is 102 Å². The van der Waals surface area contributed by atoms with Gasteiger partial charge >= 0.3 is 6.09 Å². The zero-order valence-electron chi connectivity index (χ0n) is 22.0. The van der Waals surface area contributed by atoms with Crippen molar-refractivity contribution in [2.45, 2.75) is 24.9 Å². The van der Waals surface area contributed by atoms with Crippen LogP contribution in [0.15, 0.2) is 84.9 Å². The number of hydrogen-bond acceptors (Lipinski definition) is 5. The summed E-state index contributed by atoms with van der Waals surface area (Å²) in [6, 6.07) is 30.2. The molecule has 1 aromatic heterocycles. The van der Waals surface area contributed by atoms with Crippen molar-refractivity contribution < 1.29 is 9.53 Å². The van der Waals surface area contributed by atoms with Crippen molar-refractivity contribution in [3.8, 4) is 0 Å². The van der Waals surface area contributed by atoms with E-state index in [9.17, 15) is 4.79 Å². The monoisotopic (exact) mass is 525 g/mol. The Bertz CT molecular complexity index is 1330. The van der Waals surface area contributed by atoms with Crippen molar-refractivity contribution in [2.24, 2.45) is 0 Å². The topological polar surface area (TPSA) is 36.0 Å². The average molecular weight is 526 g/mol. The van der Waals surface area contributed by atoms with Crippen molar-refractivity contribution in [3.63, 3.8) is 0 Å². The minimum absolute atomic E-state index is 0.0789. The summed E-state index contributed by atoms with van der Waals surface area (Å²) < 4.78 is 7.10. The highest BCUT2D eigenvalue weighted by molar-refractivity contribution is 7.19. The van der Waals surface area contributed by atoms with Crippen LogP contribution >= 0.6 is 11.3 Å². The van der Waals surface area contributed by atoms with Crippen LogP contribution in [0.2, 0.25) is 0 Å². The fraction of sp³-hybridized carbons (Fsp3) is 0.344. The summed E-state index contributed by atoms with van der Waals surface area (Å²) in [4.78, 5) is 20.9. The normalized spacial score (nSPS) is 18.0. The molecule has 2 aliphatic rings. The molecule has 5 nitrogen and oxygen atoms in total. The van der Waals surface area contributed by atoms with Crippen LogP contribution in [0.4, 0.5) is 10.5 Å². The van der Waals surface area contributed by atoms with Crippen molar-refractivity contribution in [1.82, 2.24) is 9.80 Å². The summed E-state index contributed by atoms with van der Waals surface area (Å²) >= 11 is 1.73. The number of likely N-dealkylation sites (tertiary alicyclic amines) is 1. The van der Waals surface area contributed by atoms with E-state index in [1.165, 1.54) is 26.9 Å². The molecule has 2 fully saturated rings. The number of piperazine rings is 1. The molecule has 3 heterocycles. The highest BCUT2D eigenvalue weighted by Gasteiger charge is 2.39. The van der Waals surface area contributed by atoms with Crippen molar-refractivity contribution in [3.05, 3.63) is 101 Å². The molecule has 0 bridgehead atoms. The molecule has 3 aromatic carbocycles. The molecule has 6 heteroatoms. The number of ether oxygens (including phenoxy) is 1. The number of carbonyl (C=O) groups excluding carboxylic acids is 1. The molecule has 4 aromatic rings. The number of carbonyl (C=O) groups is 1. The first kappa shape index (κ1) is 25.0. The Morgan fingerprint density at radius 2 is 1.45 bits per heavy atom. The predicted molar refractivity (Wildman–Crippen MR) is 156 cm³/mol. The van der Waals surface area contributed by atoms with E-state index in [0.717, 1.165) is 43.9 Å². The summed E-state index contributed by atoms with van der Waals surface area (Å²) in [5, 5.41) is 1.27. The molecule has 2 aliphatic heterocycles. The van der Waals surface area contributed by atoms with E-state index in [-0.39, 0.29) is 11.5 Å². The Labute approximate surface area is 229 Å². The lowest BCUT2D eigenvalue weighted by Gasteiger charge is -2.42. The standard InChI is InChI=1S/C32H35N3O2S/c1-33-19-21-34(22-20-33)29-13-8-14-30-28(29)23-27(38-30)24-37-31(36)35-17-15-32(16-18-35,25-9-4-2-5-10-25)26-11-6-3-7-12-26/h2-14,23H,15-22,24H2,1H3. The summed E-state index contributed by atoms with van der Waals surface area (Å²) in [5.74, 6) is 0. The Hall–Kier alpha value is -3.35. The zero-order valence-corrected chi connectivity index (χ0v) is 22.8. The van der Waals surface area contributed by atoms with Crippen LogP contribution < -0.4 is 4.90 Å². The summed E-state index contributed by atoms with van der Waals surface area (Å²) in [7, 11) is 2.18. The molecule has 0 unspecified atom stereocenters. The zero-order chi connectivity index (χ0) is 26.0. The molecule has 0 aliphatic carbocycles. The lowest BCUT2D eigenvalue weighted by Crippen LogP contribution is -2.45. The Morgan fingerprint density at radius 1 is 0.816 bits per heavy atom. The second-order valence-electron chi connectivity index (χ2n) is 10.5. The maximum Gasteiger partial charge on any atom is 0.410 e. The molecule has 0 saturated carbocycles. The van der Waals surface area contributed by atoms with E-state index in [4.69, 9.17) is 4.74 Å². The van der Waals surface area contributed by atoms with Gasteiger partial charge in [-0.3, -0.25) is 0 Å². The molecule has 0 radical (unpaired) electrons. The van der Waals surface area contributed by atoms with Crippen molar-refractivity contribution in [2.75, 3.05) is 51.2 Å². The summed E-state index contributed by atoms with van der Waals surface area (Å²) in [6.45, 7) is 5.92. The van der Waals surface area contributed by atoms with Gasteiger partial charge in [-0.15, -0.1) is 11.3 Å². The van der Waals surface area contributed by atoms with Crippen LogP contribution in [-0.2, 0) is 16.8 Å². The quantitative estimate of drug-likeness (QED) is 0.303.